The van der Waals surface area contributed by atoms with Gasteiger partial charge in [-0.25, -0.2) is 0 Å². The minimum atomic E-state index is 0.311. The molecule has 0 saturated carbocycles. The fraction of sp³-hybridized carbons (Fsp3) is 0.211. The highest BCUT2D eigenvalue weighted by Crippen LogP contribution is 2.33. The third kappa shape index (κ3) is 3.92. The van der Waals surface area contributed by atoms with Gasteiger partial charge in [0.05, 0.1) is 0 Å². The number of aromatic nitrogens is 1. The Kier molecular flexibility index (Phi) is 5.51. The van der Waals surface area contributed by atoms with Crippen molar-refractivity contribution in [2.75, 3.05) is 0 Å². The Hall–Kier alpha value is -1.67. The van der Waals surface area contributed by atoms with Gasteiger partial charge in [-0.15, -0.1) is 0 Å². The monoisotopic (exact) mass is 341 g/mol. The van der Waals surface area contributed by atoms with Crippen LogP contribution in [0.2, 0.25) is 0 Å². The van der Waals surface area contributed by atoms with Crippen molar-refractivity contribution in [3.8, 4) is 0 Å². The van der Waals surface area contributed by atoms with E-state index in [1.165, 1.54) is 11.1 Å². The minimum Gasteiger partial charge on any atom is -0.261 e. The highest BCUT2D eigenvalue weighted by Gasteiger charge is 2.20. The molecule has 1 aromatic rings. The summed E-state index contributed by atoms with van der Waals surface area (Å²) in [5.41, 5.74) is 3.47. The predicted octanol–water partition coefficient (Wildman–Crippen LogP) is 5.80. The van der Waals surface area contributed by atoms with E-state index in [0.717, 1.165) is 10.2 Å². The normalized spacial score (nSPS) is 22.4. The Balaban J connectivity index is 2.36. The minimum absolute atomic E-state index is 0.311. The van der Waals surface area contributed by atoms with Gasteiger partial charge in [-0.05, 0) is 36.1 Å². The number of hydrogen-bond donors (Lipinski definition) is 0. The maximum absolute atomic E-state index is 4.57. The van der Waals surface area contributed by atoms with Crippen LogP contribution in [0.4, 0.5) is 0 Å². The Morgan fingerprint density at radius 1 is 1.43 bits per heavy atom. The molecule has 1 aliphatic rings. The third-order valence-electron chi connectivity index (χ3n) is 3.64. The van der Waals surface area contributed by atoms with Gasteiger partial charge in [0.2, 0.25) is 0 Å². The fourth-order valence-corrected chi connectivity index (χ4v) is 2.88. The Labute approximate surface area is 135 Å². The summed E-state index contributed by atoms with van der Waals surface area (Å²) in [4.78, 5) is 4.57. The zero-order chi connectivity index (χ0) is 15.2. The molecule has 108 valence electrons. The summed E-state index contributed by atoms with van der Waals surface area (Å²) in [7, 11) is 0. The Morgan fingerprint density at radius 3 is 2.95 bits per heavy atom. The quantitative estimate of drug-likeness (QED) is 0.631. The average molecular weight is 342 g/mol. The van der Waals surface area contributed by atoms with Crippen LogP contribution in [0.3, 0.4) is 0 Å². The lowest BCUT2D eigenvalue weighted by molar-refractivity contribution is 0.619. The lowest BCUT2D eigenvalue weighted by Gasteiger charge is -2.21. The number of nitrogens with zero attached hydrogens (tertiary/aromatic N) is 1. The van der Waals surface area contributed by atoms with Gasteiger partial charge < -0.3 is 0 Å². The molecule has 1 aliphatic carbocycles. The summed E-state index contributed by atoms with van der Waals surface area (Å²) in [5, 5.41) is 0. The number of rotatable bonds is 4. The van der Waals surface area contributed by atoms with Crippen LogP contribution in [0, 0.1) is 5.92 Å². The molecule has 0 aliphatic heterocycles. The first kappa shape index (κ1) is 15.7. The van der Waals surface area contributed by atoms with Crippen LogP contribution < -0.4 is 0 Å². The van der Waals surface area contributed by atoms with Crippen LogP contribution in [-0.2, 0) is 0 Å². The molecule has 2 rings (SSSR count). The average Bonchev–Trinajstić information content (AvgIpc) is 2.51. The van der Waals surface area contributed by atoms with Gasteiger partial charge in [0.25, 0.3) is 0 Å². The summed E-state index contributed by atoms with van der Waals surface area (Å²) < 4.78 is 1.12. The van der Waals surface area contributed by atoms with Crippen molar-refractivity contribution in [1.29, 1.82) is 0 Å². The van der Waals surface area contributed by atoms with E-state index in [1.54, 1.807) is 6.08 Å². The van der Waals surface area contributed by atoms with Crippen LogP contribution in [0.15, 0.2) is 71.9 Å². The van der Waals surface area contributed by atoms with Gasteiger partial charge in [0.1, 0.15) is 0 Å². The second-order valence-electron chi connectivity index (χ2n) is 5.10. The molecule has 1 aromatic heterocycles. The van der Waals surface area contributed by atoms with E-state index in [0.29, 0.717) is 11.8 Å². The first-order valence-electron chi connectivity index (χ1n) is 7.13. The lowest BCUT2D eigenvalue weighted by atomic mass is 9.86. The Bertz CT molecular complexity index is 635. The summed E-state index contributed by atoms with van der Waals surface area (Å²) in [5.74, 6) is 0.762. The first-order chi connectivity index (χ1) is 10.2. The van der Waals surface area contributed by atoms with Crippen LogP contribution in [0.25, 0.3) is 5.57 Å². The topological polar surface area (TPSA) is 12.9 Å². The largest absolute Gasteiger partial charge is 0.261 e. The molecule has 0 aromatic carbocycles. The van der Waals surface area contributed by atoms with Crippen molar-refractivity contribution in [1.82, 2.24) is 4.98 Å². The van der Waals surface area contributed by atoms with E-state index in [2.05, 4.69) is 70.9 Å². The maximum atomic E-state index is 4.57. The van der Waals surface area contributed by atoms with Crippen LogP contribution in [0.1, 0.15) is 31.0 Å². The molecular weight excluding hydrogens is 322 g/mol. The second kappa shape index (κ2) is 7.37. The zero-order valence-electron chi connectivity index (χ0n) is 12.5. The summed E-state index contributed by atoms with van der Waals surface area (Å²) >= 11 is 3.56. The lowest BCUT2D eigenvalue weighted by Crippen LogP contribution is -2.10. The third-order valence-corrected chi connectivity index (χ3v) is 4.17. The fourth-order valence-electron chi connectivity index (χ4n) is 2.44. The summed E-state index contributed by atoms with van der Waals surface area (Å²) in [6, 6.07) is 4.23. The molecule has 1 unspecified atom stereocenters. The van der Waals surface area contributed by atoms with Crippen molar-refractivity contribution in [2.45, 2.75) is 19.8 Å². The van der Waals surface area contributed by atoms with E-state index in [4.69, 9.17) is 0 Å². The van der Waals surface area contributed by atoms with Crippen LogP contribution in [0.5, 0.6) is 0 Å². The zero-order valence-corrected chi connectivity index (χ0v) is 14.0. The molecule has 0 N–H and O–H groups in total. The van der Waals surface area contributed by atoms with E-state index >= 15 is 0 Å². The van der Waals surface area contributed by atoms with Gasteiger partial charge in [0, 0.05) is 22.3 Å². The second-order valence-corrected chi connectivity index (χ2v) is 6.02. The van der Waals surface area contributed by atoms with Gasteiger partial charge in [-0.1, -0.05) is 72.0 Å². The van der Waals surface area contributed by atoms with E-state index < -0.39 is 0 Å². The molecule has 0 amide bonds. The summed E-state index contributed by atoms with van der Waals surface area (Å²) in [6.45, 7) is 7.99. The van der Waals surface area contributed by atoms with Crippen LogP contribution in [-0.4, -0.2) is 4.98 Å². The van der Waals surface area contributed by atoms with E-state index in [-0.39, 0.29) is 0 Å². The van der Waals surface area contributed by atoms with Crippen molar-refractivity contribution >= 4 is 21.5 Å². The van der Waals surface area contributed by atoms with Gasteiger partial charge >= 0.3 is 0 Å². The van der Waals surface area contributed by atoms with Crippen LogP contribution >= 0.6 is 15.9 Å². The molecule has 21 heavy (non-hydrogen) atoms. The number of pyridine rings is 1. The Morgan fingerprint density at radius 2 is 2.24 bits per heavy atom. The van der Waals surface area contributed by atoms with Gasteiger partial charge in [-0.3, -0.25) is 4.98 Å². The molecule has 2 heteroatoms. The highest BCUT2D eigenvalue weighted by atomic mass is 79.9. The maximum Gasteiger partial charge on any atom is 0.0484 e. The predicted molar refractivity (Wildman–Crippen MR) is 95.3 cm³/mol. The standard InChI is InChI=1S/C19H20BrN/c1-4-6-7-15(5-2)16-10-11-21-19(12-16)18-13-17(20)9-8-14(18)3/h4-14,18H,1H2,2-3H3/b7-6-,15-5+/t14-,18?/m1/s1. The first-order valence-corrected chi connectivity index (χ1v) is 7.92. The van der Waals surface area contributed by atoms with E-state index in [1.807, 2.05) is 25.3 Å². The molecule has 0 radical (unpaired) electrons. The van der Waals surface area contributed by atoms with Gasteiger partial charge in [-0.2, -0.15) is 0 Å². The van der Waals surface area contributed by atoms with Crippen molar-refractivity contribution in [2.24, 2.45) is 5.92 Å². The molecule has 2 atom stereocenters. The molecule has 0 fully saturated rings. The number of hydrogen-bond acceptors (Lipinski definition) is 1. The highest BCUT2D eigenvalue weighted by molar-refractivity contribution is 9.11. The molecule has 1 nitrogen and oxygen atoms in total. The smallest absolute Gasteiger partial charge is 0.0484 e. The van der Waals surface area contributed by atoms with Crippen molar-refractivity contribution in [3.63, 3.8) is 0 Å². The van der Waals surface area contributed by atoms with Gasteiger partial charge in [0.15, 0.2) is 0 Å². The van der Waals surface area contributed by atoms with E-state index in [9.17, 15) is 0 Å². The molecule has 0 bridgehead atoms. The number of halogens is 1. The molecule has 0 saturated heterocycles. The summed E-state index contributed by atoms with van der Waals surface area (Å²) in [6.07, 6.45) is 16.4. The molecule has 0 spiro atoms. The SMILES string of the molecule is C=C/C=C\C(=C/C)c1ccnc(C2C=C(Br)C=C[C@H]2C)c1. The van der Waals surface area contributed by atoms with Crippen molar-refractivity contribution in [3.05, 3.63) is 83.2 Å². The molecular formula is C19H20BrN. The molecule has 1 heterocycles. The number of allylic oxidation sites excluding steroid dienone is 9. The van der Waals surface area contributed by atoms with Crippen molar-refractivity contribution < 1.29 is 0 Å².